The van der Waals surface area contributed by atoms with Crippen molar-refractivity contribution in [3.05, 3.63) is 29.3 Å². The molecule has 1 unspecified atom stereocenters. The van der Waals surface area contributed by atoms with Crippen LogP contribution in [0.15, 0.2) is 18.2 Å². The van der Waals surface area contributed by atoms with E-state index in [1.807, 2.05) is 6.92 Å². The molecule has 1 amide bonds. The molecule has 1 aliphatic heterocycles. The molecule has 114 valence electrons. The number of likely N-dealkylation sites (tertiary alicyclic amines) is 1. The van der Waals surface area contributed by atoms with E-state index in [4.69, 9.17) is 5.11 Å². The highest BCUT2D eigenvalue weighted by Crippen LogP contribution is 2.25. The fourth-order valence-corrected chi connectivity index (χ4v) is 2.81. The lowest BCUT2D eigenvalue weighted by molar-refractivity contribution is -0.137. The van der Waals surface area contributed by atoms with Crippen LogP contribution >= 0.6 is 0 Å². The Labute approximate surface area is 124 Å². The largest absolute Gasteiger partial charge is 0.507 e. The highest BCUT2D eigenvalue weighted by atomic mass is 16.4. The van der Waals surface area contributed by atoms with E-state index >= 15 is 0 Å². The van der Waals surface area contributed by atoms with Crippen LogP contribution < -0.4 is 0 Å². The van der Waals surface area contributed by atoms with Crippen LogP contribution in [0.4, 0.5) is 0 Å². The van der Waals surface area contributed by atoms with Gasteiger partial charge in [0, 0.05) is 19.5 Å². The number of aromatic hydroxyl groups is 1. The van der Waals surface area contributed by atoms with Gasteiger partial charge in [-0.15, -0.1) is 0 Å². The molecule has 0 radical (unpaired) electrons. The summed E-state index contributed by atoms with van der Waals surface area (Å²) in [6, 6.07) is 5.03. The van der Waals surface area contributed by atoms with Crippen molar-refractivity contribution in [1.29, 1.82) is 0 Å². The zero-order valence-electron chi connectivity index (χ0n) is 12.2. The Kier molecular flexibility index (Phi) is 4.83. The molecule has 1 aromatic rings. The molecule has 0 saturated carbocycles. The minimum atomic E-state index is -0.797. The minimum Gasteiger partial charge on any atom is -0.507 e. The summed E-state index contributed by atoms with van der Waals surface area (Å²) in [5, 5.41) is 18.7. The Morgan fingerprint density at radius 1 is 1.38 bits per heavy atom. The van der Waals surface area contributed by atoms with Gasteiger partial charge >= 0.3 is 5.97 Å². The predicted octanol–water partition coefficient (Wildman–Crippen LogP) is 2.42. The van der Waals surface area contributed by atoms with Crippen LogP contribution in [0.3, 0.4) is 0 Å². The van der Waals surface area contributed by atoms with Gasteiger partial charge in [-0.1, -0.05) is 6.07 Å². The molecule has 0 spiro atoms. The first-order chi connectivity index (χ1) is 9.97. The smallest absolute Gasteiger partial charge is 0.303 e. The van der Waals surface area contributed by atoms with Gasteiger partial charge in [0.2, 0.25) is 0 Å². The number of phenolic OH excluding ortho intramolecular Hbond substituents is 1. The maximum atomic E-state index is 12.5. The summed E-state index contributed by atoms with van der Waals surface area (Å²) >= 11 is 0. The van der Waals surface area contributed by atoms with Gasteiger partial charge in [-0.25, -0.2) is 0 Å². The Hall–Kier alpha value is -2.04. The van der Waals surface area contributed by atoms with E-state index < -0.39 is 5.97 Å². The van der Waals surface area contributed by atoms with Crippen LogP contribution in [0, 0.1) is 12.8 Å². The lowest BCUT2D eigenvalue weighted by Gasteiger charge is -2.32. The van der Waals surface area contributed by atoms with E-state index in [0.717, 1.165) is 18.4 Å². The second-order valence-corrected chi connectivity index (χ2v) is 5.71. The molecule has 21 heavy (non-hydrogen) atoms. The molecule has 1 fully saturated rings. The fraction of sp³-hybridized carbons (Fsp3) is 0.500. The molecule has 1 saturated heterocycles. The number of carboxylic acids is 1. The molecule has 0 bridgehead atoms. The van der Waals surface area contributed by atoms with E-state index in [-0.39, 0.29) is 24.0 Å². The number of piperidine rings is 1. The van der Waals surface area contributed by atoms with Crippen molar-refractivity contribution in [2.75, 3.05) is 13.1 Å². The van der Waals surface area contributed by atoms with Crippen LogP contribution in [0.1, 0.15) is 41.6 Å². The second-order valence-electron chi connectivity index (χ2n) is 5.71. The van der Waals surface area contributed by atoms with E-state index in [2.05, 4.69) is 0 Å². The van der Waals surface area contributed by atoms with Crippen LogP contribution in [0.2, 0.25) is 0 Å². The topological polar surface area (TPSA) is 77.8 Å². The summed E-state index contributed by atoms with van der Waals surface area (Å²) in [6.07, 6.45) is 2.57. The maximum absolute atomic E-state index is 12.5. The number of hydrogen-bond donors (Lipinski definition) is 2. The number of nitrogens with zero attached hydrogens (tertiary/aromatic N) is 1. The van der Waals surface area contributed by atoms with Crippen molar-refractivity contribution < 1.29 is 19.8 Å². The molecular formula is C16H21NO4. The van der Waals surface area contributed by atoms with Crippen molar-refractivity contribution in [2.24, 2.45) is 5.92 Å². The highest BCUT2D eigenvalue weighted by Gasteiger charge is 2.26. The third kappa shape index (κ3) is 3.97. The predicted molar refractivity (Wildman–Crippen MR) is 78.3 cm³/mol. The summed E-state index contributed by atoms with van der Waals surface area (Å²) < 4.78 is 0. The third-order valence-corrected chi connectivity index (χ3v) is 3.96. The number of rotatable bonds is 4. The van der Waals surface area contributed by atoms with Gasteiger partial charge in [0.25, 0.3) is 5.91 Å². The van der Waals surface area contributed by atoms with Gasteiger partial charge in [-0.05, 0) is 49.8 Å². The normalized spacial score (nSPS) is 18.5. The lowest BCUT2D eigenvalue weighted by Crippen LogP contribution is -2.40. The zero-order valence-corrected chi connectivity index (χ0v) is 12.2. The summed E-state index contributed by atoms with van der Waals surface area (Å²) in [6.45, 7) is 3.09. The van der Waals surface area contributed by atoms with Crippen LogP contribution in [-0.2, 0) is 4.79 Å². The number of benzene rings is 1. The van der Waals surface area contributed by atoms with Gasteiger partial charge in [-0.3, -0.25) is 9.59 Å². The molecule has 0 aromatic heterocycles. The number of aliphatic carboxylic acids is 1. The number of hydrogen-bond acceptors (Lipinski definition) is 3. The zero-order chi connectivity index (χ0) is 15.4. The summed E-state index contributed by atoms with van der Waals surface area (Å²) in [4.78, 5) is 24.8. The standard InChI is InChI=1S/C16H21NO4/c1-11-4-6-13(14(18)9-11)16(21)17-8-2-3-12(10-17)5-7-15(19)20/h4,6,9,12,18H,2-3,5,7-8,10H2,1H3,(H,19,20). The van der Waals surface area contributed by atoms with Gasteiger partial charge < -0.3 is 15.1 Å². The molecule has 2 N–H and O–H groups in total. The van der Waals surface area contributed by atoms with E-state index in [9.17, 15) is 14.7 Å². The van der Waals surface area contributed by atoms with Crippen molar-refractivity contribution >= 4 is 11.9 Å². The Bertz CT molecular complexity index is 541. The van der Waals surface area contributed by atoms with Crippen molar-refractivity contribution in [2.45, 2.75) is 32.6 Å². The second kappa shape index (κ2) is 6.61. The van der Waals surface area contributed by atoms with Gasteiger partial charge in [-0.2, -0.15) is 0 Å². The number of carboxylic acid groups (broad SMARTS) is 1. The monoisotopic (exact) mass is 291 g/mol. The SMILES string of the molecule is Cc1ccc(C(=O)N2CCCC(CCC(=O)O)C2)c(O)c1. The maximum Gasteiger partial charge on any atom is 0.303 e. The van der Waals surface area contributed by atoms with Gasteiger partial charge in [0.15, 0.2) is 0 Å². The molecule has 5 heteroatoms. The number of amides is 1. The average Bonchev–Trinajstić information content (AvgIpc) is 2.45. The van der Waals surface area contributed by atoms with E-state index in [0.29, 0.717) is 25.1 Å². The third-order valence-electron chi connectivity index (χ3n) is 3.96. The quantitative estimate of drug-likeness (QED) is 0.893. The molecular weight excluding hydrogens is 270 g/mol. The summed E-state index contributed by atoms with van der Waals surface area (Å²) in [5.41, 5.74) is 1.22. The van der Waals surface area contributed by atoms with Crippen LogP contribution in [0.5, 0.6) is 5.75 Å². The van der Waals surface area contributed by atoms with Crippen molar-refractivity contribution in [3.8, 4) is 5.75 Å². The lowest BCUT2D eigenvalue weighted by atomic mass is 9.93. The first-order valence-electron chi connectivity index (χ1n) is 7.28. The van der Waals surface area contributed by atoms with Crippen molar-refractivity contribution in [1.82, 2.24) is 4.90 Å². The summed E-state index contributed by atoms with van der Waals surface area (Å²) in [5.74, 6) is -0.735. The van der Waals surface area contributed by atoms with Gasteiger partial charge in [0.05, 0.1) is 5.56 Å². The molecule has 1 aliphatic rings. The summed E-state index contributed by atoms with van der Waals surface area (Å²) in [7, 11) is 0. The number of carbonyl (C=O) groups is 2. The molecule has 2 rings (SSSR count). The Balaban J connectivity index is 2.03. The van der Waals surface area contributed by atoms with Crippen LogP contribution in [-0.4, -0.2) is 40.1 Å². The first kappa shape index (κ1) is 15.4. The Morgan fingerprint density at radius 3 is 2.81 bits per heavy atom. The number of aryl methyl sites for hydroxylation is 1. The minimum absolute atomic E-state index is 0.00709. The molecule has 1 heterocycles. The first-order valence-corrected chi connectivity index (χ1v) is 7.28. The van der Waals surface area contributed by atoms with E-state index in [1.54, 1.807) is 23.1 Å². The number of phenols is 1. The van der Waals surface area contributed by atoms with Gasteiger partial charge in [0.1, 0.15) is 5.75 Å². The average molecular weight is 291 g/mol. The van der Waals surface area contributed by atoms with E-state index in [1.165, 1.54) is 0 Å². The van der Waals surface area contributed by atoms with Crippen molar-refractivity contribution in [3.63, 3.8) is 0 Å². The molecule has 0 aliphatic carbocycles. The molecule has 1 aromatic carbocycles. The highest BCUT2D eigenvalue weighted by molar-refractivity contribution is 5.97. The van der Waals surface area contributed by atoms with Crippen LogP contribution in [0.25, 0.3) is 0 Å². The fourth-order valence-electron chi connectivity index (χ4n) is 2.81. The Morgan fingerprint density at radius 2 is 2.14 bits per heavy atom. The number of carbonyl (C=O) groups excluding carboxylic acids is 1. The molecule has 1 atom stereocenters. The molecule has 5 nitrogen and oxygen atoms in total.